The van der Waals surface area contributed by atoms with Crippen LogP contribution in [-0.4, -0.2) is 54.6 Å². The Balaban J connectivity index is 2.10. The van der Waals surface area contributed by atoms with Gasteiger partial charge >= 0.3 is 0 Å². The molecule has 7 heteroatoms. The molecule has 2 heterocycles. The molecule has 1 aliphatic rings. The van der Waals surface area contributed by atoms with E-state index in [1.807, 2.05) is 0 Å². The Kier molecular flexibility index (Phi) is 4.06. The van der Waals surface area contributed by atoms with E-state index in [0.717, 1.165) is 36.8 Å². The van der Waals surface area contributed by atoms with Crippen LogP contribution in [0.1, 0.15) is 38.3 Å². The molecule has 0 amide bonds. The van der Waals surface area contributed by atoms with Crippen LogP contribution in [0.3, 0.4) is 0 Å². The van der Waals surface area contributed by atoms with Gasteiger partial charge in [-0.3, -0.25) is 4.68 Å². The van der Waals surface area contributed by atoms with Crippen LogP contribution in [-0.2, 0) is 5.52 Å². The first-order valence-corrected chi connectivity index (χ1v) is 6.58. The van der Waals surface area contributed by atoms with Gasteiger partial charge < -0.3 is 10.0 Å². The van der Waals surface area contributed by atoms with Crippen molar-refractivity contribution in [3.63, 3.8) is 0 Å². The predicted octanol–water partition coefficient (Wildman–Crippen LogP) is 0.507. The van der Waals surface area contributed by atoms with E-state index in [2.05, 4.69) is 23.8 Å². The molecule has 1 aliphatic heterocycles. The zero-order chi connectivity index (χ0) is 14.2. The molecule has 1 saturated heterocycles. The van der Waals surface area contributed by atoms with E-state index in [0.29, 0.717) is 11.7 Å². The standard InChI is InChI=1S/C12H18B2FN3O/c1-8(2)17-5-3-9(4-6-17)11-10(15)7-18(16-11)12(13,14)19/h7-9,19H,3-6H2,1-2H3. The van der Waals surface area contributed by atoms with Crippen LogP contribution in [0.25, 0.3) is 0 Å². The highest BCUT2D eigenvalue weighted by molar-refractivity contribution is 6.36. The minimum Gasteiger partial charge on any atom is -0.388 e. The van der Waals surface area contributed by atoms with Crippen molar-refractivity contribution in [2.24, 2.45) is 0 Å². The fourth-order valence-corrected chi connectivity index (χ4v) is 2.52. The van der Waals surface area contributed by atoms with Crippen molar-refractivity contribution in [2.45, 2.75) is 44.2 Å². The molecule has 1 aromatic heterocycles. The van der Waals surface area contributed by atoms with Gasteiger partial charge in [0.1, 0.15) is 21.4 Å². The molecule has 1 N–H and O–H groups in total. The number of piperidine rings is 1. The second-order valence-electron chi connectivity index (χ2n) is 5.49. The highest BCUT2D eigenvalue weighted by atomic mass is 19.1. The summed E-state index contributed by atoms with van der Waals surface area (Å²) < 4.78 is 14.7. The van der Waals surface area contributed by atoms with Crippen LogP contribution in [0.4, 0.5) is 4.39 Å². The molecular formula is C12H18B2FN3O. The van der Waals surface area contributed by atoms with E-state index in [-0.39, 0.29) is 5.92 Å². The second kappa shape index (κ2) is 5.29. The number of rotatable bonds is 3. The van der Waals surface area contributed by atoms with Crippen molar-refractivity contribution in [3.8, 4) is 0 Å². The average molecular weight is 261 g/mol. The van der Waals surface area contributed by atoms with E-state index in [9.17, 15) is 9.50 Å². The fraction of sp³-hybridized carbons (Fsp3) is 0.750. The lowest BCUT2D eigenvalue weighted by Gasteiger charge is -2.34. The van der Waals surface area contributed by atoms with Gasteiger partial charge in [-0.05, 0) is 39.8 Å². The van der Waals surface area contributed by atoms with E-state index in [1.165, 1.54) is 0 Å². The third kappa shape index (κ3) is 3.20. The second-order valence-corrected chi connectivity index (χ2v) is 5.49. The Morgan fingerprint density at radius 3 is 2.42 bits per heavy atom. The van der Waals surface area contributed by atoms with Crippen LogP contribution in [0, 0.1) is 5.82 Å². The molecule has 0 spiro atoms. The summed E-state index contributed by atoms with van der Waals surface area (Å²) in [5.74, 6) is -0.407. The van der Waals surface area contributed by atoms with Gasteiger partial charge in [0, 0.05) is 12.0 Å². The maximum atomic E-state index is 13.9. The number of halogens is 1. The molecule has 0 aliphatic carbocycles. The number of hydrogen-bond donors (Lipinski definition) is 1. The number of aromatic nitrogens is 2. The van der Waals surface area contributed by atoms with E-state index < -0.39 is 11.3 Å². The Morgan fingerprint density at radius 1 is 1.42 bits per heavy atom. The third-order valence-corrected chi connectivity index (χ3v) is 3.71. The molecule has 4 radical (unpaired) electrons. The zero-order valence-electron chi connectivity index (χ0n) is 11.4. The lowest BCUT2D eigenvalue weighted by atomic mass is 9.73. The fourth-order valence-electron chi connectivity index (χ4n) is 2.52. The van der Waals surface area contributed by atoms with Gasteiger partial charge in [-0.1, -0.05) is 0 Å². The van der Waals surface area contributed by atoms with Gasteiger partial charge in [0.05, 0.1) is 11.7 Å². The Hall–Kier alpha value is -0.810. The first-order chi connectivity index (χ1) is 8.79. The van der Waals surface area contributed by atoms with Crippen LogP contribution in [0.15, 0.2) is 6.20 Å². The third-order valence-electron chi connectivity index (χ3n) is 3.71. The highest BCUT2D eigenvalue weighted by Gasteiger charge is 2.28. The van der Waals surface area contributed by atoms with Crippen LogP contribution in [0.2, 0.25) is 0 Å². The Bertz CT molecular complexity index is 437. The van der Waals surface area contributed by atoms with Crippen LogP contribution >= 0.6 is 0 Å². The largest absolute Gasteiger partial charge is 0.388 e. The summed E-state index contributed by atoms with van der Waals surface area (Å²) in [5.41, 5.74) is -1.81. The SMILES string of the molecule is [B]C([B])(O)n1cc(F)c(C2CCN(C(C)C)CC2)n1. The summed E-state index contributed by atoms with van der Waals surface area (Å²) in [5, 5.41) is 13.4. The van der Waals surface area contributed by atoms with Gasteiger partial charge in [-0.2, -0.15) is 5.10 Å². The van der Waals surface area contributed by atoms with Gasteiger partial charge in [0.2, 0.25) is 0 Å². The Labute approximate surface area is 115 Å². The lowest BCUT2D eigenvalue weighted by molar-refractivity contribution is 0.124. The molecule has 4 nitrogen and oxygen atoms in total. The summed E-state index contributed by atoms with van der Waals surface area (Å²) >= 11 is 0. The maximum absolute atomic E-state index is 13.9. The molecule has 1 fully saturated rings. The summed E-state index contributed by atoms with van der Waals surface area (Å²) in [6.45, 7) is 6.14. The average Bonchev–Trinajstić information content (AvgIpc) is 2.71. The van der Waals surface area contributed by atoms with Gasteiger partial charge in [0.25, 0.3) is 0 Å². The predicted molar refractivity (Wildman–Crippen MR) is 72.6 cm³/mol. The molecule has 100 valence electrons. The van der Waals surface area contributed by atoms with Crippen molar-refractivity contribution in [3.05, 3.63) is 17.7 Å². The van der Waals surface area contributed by atoms with Crippen LogP contribution < -0.4 is 0 Å². The smallest absolute Gasteiger partial charge is 0.164 e. The van der Waals surface area contributed by atoms with Crippen molar-refractivity contribution in [1.82, 2.24) is 14.7 Å². The molecule has 0 saturated carbocycles. The first-order valence-electron chi connectivity index (χ1n) is 6.58. The molecule has 1 aromatic rings. The summed E-state index contributed by atoms with van der Waals surface area (Å²) in [6, 6.07) is 0.501. The topological polar surface area (TPSA) is 41.3 Å². The van der Waals surface area contributed by atoms with Gasteiger partial charge in [0.15, 0.2) is 5.82 Å². The quantitative estimate of drug-likeness (QED) is 0.806. The molecule has 0 atom stereocenters. The monoisotopic (exact) mass is 261 g/mol. The van der Waals surface area contributed by atoms with Gasteiger partial charge in [-0.15, -0.1) is 0 Å². The summed E-state index contributed by atoms with van der Waals surface area (Å²) in [6.07, 6.45) is 2.74. The minimum atomic E-state index is -2.16. The normalized spacial score (nSPS) is 19.2. The number of nitrogens with zero attached hydrogens (tertiary/aromatic N) is 3. The van der Waals surface area contributed by atoms with Crippen LogP contribution in [0.5, 0.6) is 0 Å². The van der Waals surface area contributed by atoms with Crippen molar-refractivity contribution in [2.75, 3.05) is 13.1 Å². The van der Waals surface area contributed by atoms with Crippen molar-refractivity contribution >= 4 is 15.7 Å². The number of likely N-dealkylation sites (tertiary alicyclic amines) is 1. The number of aliphatic hydroxyl groups is 1. The maximum Gasteiger partial charge on any atom is 0.164 e. The first kappa shape index (κ1) is 14.6. The molecule has 0 unspecified atom stereocenters. The van der Waals surface area contributed by atoms with E-state index >= 15 is 0 Å². The summed E-state index contributed by atoms with van der Waals surface area (Å²) in [7, 11) is 10.6. The molecule has 2 rings (SSSR count). The van der Waals surface area contributed by atoms with E-state index in [4.69, 9.17) is 15.7 Å². The lowest BCUT2D eigenvalue weighted by Crippen LogP contribution is -2.38. The number of hydrogen-bond acceptors (Lipinski definition) is 3. The molecule has 0 bridgehead atoms. The van der Waals surface area contributed by atoms with Crippen molar-refractivity contribution < 1.29 is 9.50 Å². The van der Waals surface area contributed by atoms with Crippen molar-refractivity contribution in [1.29, 1.82) is 0 Å². The zero-order valence-corrected chi connectivity index (χ0v) is 11.4. The molecular weight excluding hydrogens is 243 g/mol. The van der Waals surface area contributed by atoms with E-state index in [1.54, 1.807) is 0 Å². The van der Waals surface area contributed by atoms with Gasteiger partial charge in [-0.25, -0.2) is 4.39 Å². The summed E-state index contributed by atoms with van der Waals surface area (Å²) in [4.78, 5) is 2.35. The molecule has 0 aromatic carbocycles. The highest BCUT2D eigenvalue weighted by Crippen LogP contribution is 2.29. The minimum absolute atomic E-state index is 0.0543. The molecule has 19 heavy (non-hydrogen) atoms. The Morgan fingerprint density at radius 2 is 2.00 bits per heavy atom.